The average Bonchev–Trinajstić information content (AvgIpc) is 2.66. The van der Waals surface area contributed by atoms with E-state index in [4.69, 9.17) is 4.74 Å². The third kappa shape index (κ3) is 4.53. The molecule has 140 valence electrons. The lowest BCUT2D eigenvalue weighted by atomic mass is 10.2. The summed E-state index contributed by atoms with van der Waals surface area (Å²) in [6.45, 7) is 1.51. The number of nitrogens with one attached hydrogen (secondary N) is 2. The quantitative estimate of drug-likeness (QED) is 0.666. The van der Waals surface area contributed by atoms with Crippen molar-refractivity contribution in [3.05, 3.63) is 72.2 Å². The number of methoxy groups -OCH3 is 1. The molecule has 0 amide bonds. The first kappa shape index (κ1) is 18.7. The molecule has 2 N–H and O–H groups in total. The van der Waals surface area contributed by atoms with Crippen molar-refractivity contribution in [2.75, 3.05) is 17.1 Å². The number of aryl methyl sites for hydroxylation is 1. The maximum atomic E-state index is 13.3. The van der Waals surface area contributed by atoms with Crippen LogP contribution >= 0.6 is 0 Å². The lowest BCUT2D eigenvalue weighted by Crippen LogP contribution is -2.14. The molecule has 3 rings (SSSR count). The van der Waals surface area contributed by atoms with Gasteiger partial charge in [-0.2, -0.15) is 0 Å². The molecule has 0 aliphatic carbocycles. The molecule has 8 heteroatoms. The van der Waals surface area contributed by atoms with Crippen LogP contribution in [0.1, 0.15) is 5.56 Å². The predicted octanol–water partition coefficient (Wildman–Crippen LogP) is 4.08. The lowest BCUT2D eigenvalue weighted by Gasteiger charge is -2.10. The summed E-state index contributed by atoms with van der Waals surface area (Å²) in [6.07, 6.45) is 1.51. The first-order chi connectivity index (χ1) is 12.9. The van der Waals surface area contributed by atoms with E-state index in [0.29, 0.717) is 5.69 Å². The second-order valence-electron chi connectivity index (χ2n) is 5.80. The summed E-state index contributed by atoms with van der Waals surface area (Å²) in [7, 11) is -2.25. The van der Waals surface area contributed by atoms with Gasteiger partial charge in [-0.25, -0.2) is 17.8 Å². The van der Waals surface area contributed by atoms with Crippen LogP contribution < -0.4 is 14.8 Å². The largest absolute Gasteiger partial charge is 0.497 e. The summed E-state index contributed by atoms with van der Waals surface area (Å²) >= 11 is 0. The third-order valence-electron chi connectivity index (χ3n) is 3.82. The molecule has 1 aromatic heterocycles. The highest BCUT2D eigenvalue weighted by Crippen LogP contribution is 2.21. The molecule has 0 aliphatic rings. The third-order valence-corrected chi connectivity index (χ3v) is 5.17. The molecule has 0 unspecified atom stereocenters. The van der Waals surface area contributed by atoms with E-state index in [9.17, 15) is 12.8 Å². The number of pyridine rings is 1. The van der Waals surface area contributed by atoms with E-state index in [2.05, 4.69) is 15.0 Å². The van der Waals surface area contributed by atoms with Crippen LogP contribution in [0, 0.1) is 12.7 Å². The zero-order chi connectivity index (χ0) is 19.4. The second-order valence-corrected chi connectivity index (χ2v) is 7.48. The summed E-state index contributed by atoms with van der Waals surface area (Å²) in [5.74, 6) is 0.456. The number of hydrogen-bond acceptors (Lipinski definition) is 5. The highest BCUT2D eigenvalue weighted by Gasteiger charge is 2.16. The van der Waals surface area contributed by atoms with Crippen molar-refractivity contribution >= 4 is 27.2 Å². The molecule has 3 aromatic rings. The molecule has 0 spiro atoms. The number of rotatable bonds is 6. The molecular formula is C19H18FN3O3S. The van der Waals surface area contributed by atoms with Crippen LogP contribution in [-0.2, 0) is 10.0 Å². The van der Waals surface area contributed by atoms with Crippen molar-refractivity contribution in [3.63, 3.8) is 0 Å². The van der Waals surface area contributed by atoms with Gasteiger partial charge in [0.1, 0.15) is 17.4 Å². The topological polar surface area (TPSA) is 80.3 Å². The van der Waals surface area contributed by atoms with E-state index in [1.54, 1.807) is 19.2 Å². The Balaban J connectivity index is 1.71. The monoisotopic (exact) mass is 387 g/mol. The molecule has 0 bridgehead atoms. The molecule has 1 heterocycles. The van der Waals surface area contributed by atoms with Gasteiger partial charge in [-0.05, 0) is 67.1 Å². The summed E-state index contributed by atoms with van der Waals surface area (Å²) in [5.41, 5.74) is 1.79. The smallest absolute Gasteiger partial charge is 0.263 e. The fourth-order valence-corrected chi connectivity index (χ4v) is 3.44. The van der Waals surface area contributed by atoms with Crippen molar-refractivity contribution in [2.45, 2.75) is 11.8 Å². The van der Waals surface area contributed by atoms with Gasteiger partial charge in [0.25, 0.3) is 10.0 Å². The average molecular weight is 387 g/mol. The zero-order valence-corrected chi connectivity index (χ0v) is 15.5. The summed E-state index contributed by atoms with van der Waals surface area (Å²) in [5, 5.41) is 3.15. The van der Waals surface area contributed by atoms with Crippen molar-refractivity contribution in [1.29, 1.82) is 0 Å². The van der Waals surface area contributed by atoms with Crippen molar-refractivity contribution in [1.82, 2.24) is 4.98 Å². The van der Waals surface area contributed by atoms with Gasteiger partial charge in [-0.3, -0.25) is 4.72 Å². The van der Waals surface area contributed by atoms with Gasteiger partial charge in [0.15, 0.2) is 0 Å². The maximum absolute atomic E-state index is 13.3. The number of sulfonamides is 1. The van der Waals surface area contributed by atoms with E-state index in [1.807, 2.05) is 24.3 Å². The fraction of sp³-hybridized carbons (Fsp3) is 0.105. The van der Waals surface area contributed by atoms with Crippen LogP contribution in [-0.4, -0.2) is 20.5 Å². The van der Waals surface area contributed by atoms with E-state index in [-0.39, 0.29) is 16.3 Å². The summed E-state index contributed by atoms with van der Waals surface area (Å²) in [6, 6.07) is 14.2. The Labute approximate surface area is 157 Å². The Morgan fingerprint density at radius 2 is 1.70 bits per heavy atom. The standard InChI is InChI=1S/C19H18FN3O3S/c1-13-11-17(8-9-18(13)20)27(24,25)23-19-10-5-15(12-21-19)22-14-3-6-16(26-2)7-4-14/h3-12,22H,1-2H3,(H,21,23). The van der Waals surface area contributed by atoms with Crippen molar-refractivity contribution < 1.29 is 17.5 Å². The zero-order valence-electron chi connectivity index (χ0n) is 14.7. The molecule has 0 saturated carbocycles. The Kier molecular flexibility index (Phi) is 5.27. The maximum Gasteiger partial charge on any atom is 0.263 e. The Bertz CT molecular complexity index is 1040. The Morgan fingerprint density at radius 1 is 1.00 bits per heavy atom. The highest BCUT2D eigenvalue weighted by molar-refractivity contribution is 7.92. The molecule has 6 nitrogen and oxygen atoms in total. The molecule has 0 radical (unpaired) electrons. The second kappa shape index (κ2) is 7.63. The van der Waals surface area contributed by atoms with Gasteiger partial charge in [0, 0.05) is 5.69 Å². The molecule has 27 heavy (non-hydrogen) atoms. The van der Waals surface area contributed by atoms with Crippen molar-refractivity contribution in [3.8, 4) is 5.75 Å². The van der Waals surface area contributed by atoms with E-state index < -0.39 is 15.8 Å². The number of nitrogens with zero attached hydrogens (tertiary/aromatic N) is 1. The summed E-state index contributed by atoms with van der Waals surface area (Å²) < 4.78 is 45.6. The van der Waals surface area contributed by atoms with E-state index in [1.165, 1.54) is 25.3 Å². The van der Waals surface area contributed by atoms with E-state index >= 15 is 0 Å². The SMILES string of the molecule is COc1ccc(Nc2ccc(NS(=O)(=O)c3ccc(F)c(C)c3)nc2)cc1. The van der Waals surface area contributed by atoms with Gasteiger partial charge < -0.3 is 10.1 Å². The molecule has 2 aromatic carbocycles. The van der Waals surface area contributed by atoms with E-state index in [0.717, 1.165) is 17.5 Å². The fourth-order valence-electron chi connectivity index (χ4n) is 2.35. The molecule has 0 saturated heterocycles. The Hall–Kier alpha value is -3.13. The van der Waals surface area contributed by atoms with Crippen LogP contribution in [0.25, 0.3) is 0 Å². The van der Waals surface area contributed by atoms with Gasteiger partial charge >= 0.3 is 0 Å². The lowest BCUT2D eigenvalue weighted by molar-refractivity contribution is 0.415. The molecule has 0 atom stereocenters. The predicted molar refractivity (Wildman–Crippen MR) is 102 cm³/mol. The van der Waals surface area contributed by atoms with Crippen LogP contribution in [0.15, 0.2) is 65.7 Å². The number of aromatic nitrogens is 1. The molecular weight excluding hydrogens is 369 g/mol. The summed E-state index contributed by atoms with van der Waals surface area (Å²) in [4.78, 5) is 4.08. The number of benzene rings is 2. The van der Waals surface area contributed by atoms with Gasteiger partial charge in [0.05, 0.1) is 23.9 Å². The van der Waals surface area contributed by atoms with Crippen LogP contribution in [0.5, 0.6) is 5.75 Å². The van der Waals surface area contributed by atoms with Crippen LogP contribution in [0.3, 0.4) is 0 Å². The first-order valence-electron chi connectivity index (χ1n) is 8.03. The van der Waals surface area contributed by atoms with Crippen molar-refractivity contribution in [2.24, 2.45) is 0 Å². The van der Waals surface area contributed by atoms with Gasteiger partial charge in [-0.15, -0.1) is 0 Å². The highest BCUT2D eigenvalue weighted by atomic mass is 32.2. The molecule has 0 aliphatic heterocycles. The minimum absolute atomic E-state index is 0.0244. The van der Waals surface area contributed by atoms with Gasteiger partial charge in [-0.1, -0.05) is 0 Å². The van der Waals surface area contributed by atoms with Crippen LogP contribution in [0.4, 0.5) is 21.6 Å². The molecule has 0 fully saturated rings. The number of ether oxygens (including phenoxy) is 1. The van der Waals surface area contributed by atoms with Gasteiger partial charge in [0.2, 0.25) is 0 Å². The normalized spacial score (nSPS) is 11.1. The number of halogens is 1. The number of anilines is 3. The first-order valence-corrected chi connectivity index (χ1v) is 9.52. The minimum Gasteiger partial charge on any atom is -0.497 e. The van der Waals surface area contributed by atoms with Crippen LogP contribution in [0.2, 0.25) is 0 Å². The number of hydrogen-bond donors (Lipinski definition) is 2. The minimum atomic E-state index is -3.85. The Morgan fingerprint density at radius 3 is 2.30 bits per heavy atom.